The molecule has 2 aromatic rings. The van der Waals surface area contributed by atoms with Gasteiger partial charge in [0.15, 0.2) is 0 Å². The first-order valence-corrected chi connectivity index (χ1v) is 7.60. The summed E-state index contributed by atoms with van der Waals surface area (Å²) in [5.74, 6) is 2.70. The molecule has 3 rings (SSSR count). The van der Waals surface area contributed by atoms with Crippen LogP contribution in [-0.2, 0) is 0 Å². The van der Waals surface area contributed by atoms with E-state index in [1.807, 2.05) is 38.1 Å². The van der Waals surface area contributed by atoms with Gasteiger partial charge in [0.05, 0.1) is 18.7 Å². The van der Waals surface area contributed by atoms with E-state index in [-0.39, 0.29) is 11.9 Å². The maximum absolute atomic E-state index is 12.5. The van der Waals surface area contributed by atoms with Crippen LogP contribution < -0.4 is 10.1 Å². The van der Waals surface area contributed by atoms with Crippen LogP contribution in [0.15, 0.2) is 34.7 Å². The van der Waals surface area contributed by atoms with E-state index in [2.05, 4.69) is 5.32 Å². The largest absolute Gasteiger partial charge is 0.497 e. The summed E-state index contributed by atoms with van der Waals surface area (Å²) in [6.45, 7) is 3.67. The van der Waals surface area contributed by atoms with Gasteiger partial charge in [-0.1, -0.05) is 12.1 Å². The van der Waals surface area contributed by atoms with Gasteiger partial charge >= 0.3 is 0 Å². The van der Waals surface area contributed by atoms with E-state index in [9.17, 15) is 4.79 Å². The number of rotatable bonds is 5. The second kappa shape index (κ2) is 5.87. The van der Waals surface area contributed by atoms with Crippen LogP contribution in [0.3, 0.4) is 0 Å². The monoisotopic (exact) mass is 299 g/mol. The van der Waals surface area contributed by atoms with E-state index in [0.29, 0.717) is 17.2 Å². The molecule has 0 saturated heterocycles. The van der Waals surface area contributed by atoms with Crippen molar-refractivity contribution in [2.45, 2.75) is 32.7 Å². The first-order chi connectivity index (χ1) is 10.6. The Morgan fingerprint density at radius 3 is 2.45 bits per heavy atom. The third-order valence-electron chi connectivity index (χ3n) is 4.14. The molecule has 1 fully saturated rings. The van der Waals surface area contributed by atoms with Gasteiger partial charge in [-0.3, -0.25) is 4.79 Å². The number of carbonyl (C=O) groups is 1. The molecule has 1 unspecified atom stereocenters. The van der Waals surface area contributed by atoms with Crippen molar-refractivity contribution in [3.8, 4) is 5.75 Å². The van der Waals surface area contributed by atoms with Crippen molar-refractivity contribution in [2.24, 2.45) is 5.92 Å². The van der Waals surface area contributed by atoms with Crippen molar-refractivity contribution in [3.63, 3.8) is 0 Å². The van der Waals surface area contributed by atoms with Crippen molar-refractivity contribution < 1.29 is 13.9 Å². The van der Waals surface area contributed by atoms with Gasteiger partial charge in [0, 0.05) is 0 Å². The summed E-state index contributed by atoms with van der Waals surface area (Å²) in [5.41, 5.74) is 1.74. The Morgan fingerprint density at radius 2 is 1.95 bits per heavy atom. The molecule has 0 aliphatic heterocycles. The van der Waals surface area contributed by atoms with Crippen LogP contribution >= 0.6 is 0 Å². The topological polar surface area (TPSA) is 51.5 Å². The molecule has 116 valence electrons. The molecule has 1 aromatic carbocycles. The molecule has 1 atom stereocenters. The fraction of sp³-hybridized carbons (Fsp3) is 0.389. The number of nitrogens with one attached hydrogen (secondary N) is 1. The van der Waals surface area contributed by atoms with Crippen molar-refractivity contribution in [3.05, 3.63) is 53.0 Å². The fourth-order valence-corrected chi connectivity index (χ4v) is 2.79. The Hall–Kier alpha value is -2.23. The summed E-state index contributed by atoms with van der Waals surface area (Å²) in [6.07, 6.45) is 2.31. The molecule has 4 nitrogen and oxygen atoms in total. The lowest BCUT2D eigenvalue weighted by molar-refractivity contribution is 0.0930. The zero-order chi connectivity index (χ0) is 15.7. The molecule has 1 N–H and O–H groups in total. The summed E-state index contributed by atoms with van der Waals surface area (Å²) in [4.78, 5) is 12.5. The van der Waals surface area contributed by atoms with Crippen LogP contribution in [0.25, 0.3) is 0 Å². The Labute approximate surface area is 130 Å². The van der Waals surface area contributed by atoms with E-state index in [0.717, 1.165) is 29.9 Å². The summed E-state index contributed by atoms with van der Waals surface area (Å²) in [5, 5.41) is 3.16. The summed E-state index contributed by atoms with van der Waals surface area (Å²) in [7, 11) is 1.65. The smallest absolute Gasteiger partial charge is 0.255 e. The first-order valence-electron chi connectivity index (χ1n) is 7.60. The molecule has 22 heavy (non-hydrogen) atoms. The van der Waals surface area contributed by atoms with Gasteiger partial charge < -0.3 is 14.5 Å². The number of hydrogen-bond acceptors (Lipinski definition) is 3. The number of amides is 1. The minimum Gasteiger partial charge on any atom is -0.497 e. The lowest BCUT2D eigenvalue weighted by atomic mass is 10.0. The maximum atomic E-state index is 12.5. The molecule has 0 spiro atoms. The van der Waals surface area contributed by atoms with E-state index < -0.39 is 0 Å². The first kappa shape index (κ1) is 14.7. The van der Waals surface area contributed by atoms with Crippen molar-refractivity contribution >= 4 is 5.91 Å². The predicted molar refractivity (Wildman–Crippen MR) is 84.1 cm³/mol. The normalized spacial score (nSPS) is 15.4. The lowest BCUT2D eigenvalue weighted by Gasteiger charge is -2.19. The minimum atomic E-state index is -0.0675. The van der Waals surface area contributed by atoms with Gasteiger partial charge in [0.2, 0.25) is 0 Å². The fourth-order valence-electron chi connectivity index (χ4n) is 2.79. The third kappa shape index (κ3) is 3.01. The average Bonchev–Trinajstić information content (AvgIpc) is 3.29. The highest BCUT2D eigenvalue weighted by Crippen LogP contribution is 2.41. The number of hydrogen-bond donors (Lipinski definition) is 1. The van der Waals surface area contributed by atoms with Crippen molar-refractivity contribution in [2.75, 3.05) is 7.11 Å². The molecule has 1 aliphatic rings. The number of benzene rings is 1. The quantitative estimate of drug-likeness (QED) is 0.914. The lowest BCUT2D eigenvalue weighted by Crippen LogP contribution is -2.30. The molecule has 1 saturated carbocycles. The van der Waals surface area contributed by atoms with E-state index >= 15 is 0 Å². The zero-order valence-electron chi connectivity index (χ0n) is 13.2. The average molecular weight is 299 g/mol. The van der Waals surface area contributed by atoms with E-state index in [4.69, 9.17) is 9.15 Å². The van der Waals surface area contributed by atoms with Gasteiger partial charge in [-0.15, -0.1) is 0 Å². The second-order valence-corrected chi connectivity index (χ2v) is 5.89. The SMILES string of the molecule is COc1ccc(C(NC(=O)c2cc(C)oc2C)C2CC2)cc1. The molecule has 0 bridgehead atoms. The van der Waals surface area contributed by atoms with E-state index in [1.165, 1.54) is 0 Å². The Bertz CT molecular complexity index is 668. The molecular formula is C18H21NO3. The van der Waals surface area contributed by atoms with Crippen LogP contribution in [0.5, 0.6) is 5.75 Å². The van der Waals surface area contributed by atoms with Crippen LogP contribution in [0, 0.1) is 19.8 Å². The van der Waals surface area contributed by atoms with Gasteiger partial charge in [0.1, 0.15) is 17.3 Å². The number of furan rings is 1. The number of ether oxygens (including phenoxy) is 1. The van der Waals surface area contributed by atoms with Crippen molar-refractivity contribution in [1.82, 2.24) is 5.32 Å². The molecule has 1 aliphatic carbocycles. The Kier molecular flexibility index (Phi) is 3.92. The minimum absolute atomic E-state index is 0.0491. The number of methoxy groups -OCH3 is 1. The Balaban J connectivity index is 1.79. The Morgan fingerprint density at radius 1 is 1.27 bits per heavy atom. The zero-order valence-corrected chi connectivity index (χ0v) is 13.2. The second-order valence-electron chi connectivity index (χ2n) is 5.89. The van der Waals surface area contributed by atoms with Gasteiger partial charge in [0.25, 0.3) is 5.91 Å². The van der Waals surface area contributed by atoms with Crippen LogP contribution in [0.4, 0.5) is 0 Å². The number of aryl methyl sites for hydroxylation is 2. The maximum Gasteiger partial charge on any atom is 0.255 e. The van der Waals surface area contributed by atoms with E-state index in [1.54, 1.807) is 13.2 Å². The summed E-state index contributed by atoms with van der Waals surface area (Å²) < 4.78 is 10.6. The highest BCUT2D eigenvalue weighted by molar-refractivity contribution is 5.95. The van der Waals surface area contributed by atoms with Crippen molar-refractivity contribution in [1.29, 1.82) is 0 Å². The summed E-state index contributed by atoms with van der Waals surface area (Å²) in [6, 6.07) is 9.76. The molecule has 1 amide bonds. The predicted octanol–water partition coefficient (Wildman–Crippen LogP) is 3.79. The molecular weight excluding hydrogens is 278 g/mol. The molecule has 1 aromatic heterocycles. The van der Waals surface area contributed by atoms with Crippen LogP contribution in [0.2, 0.25) is 0 Å². The third-order valence-corrected chi connectivity index (χ3v) is 4.14. The molecule has 0 radical (unpaired) electrons. The van der Waals surface area contributed by atoms with Gasteiger partial charge in [-0.25, -0.2) is 0 Å². The molecule has 4 heteroatoms. The van der Waals surface area contributed by atoms with Gasteiger partial charge in [-0.2, -0.15) is 0 Å². The van der Waals surface area contributed by atoms with Crippen LogP contribution in [-0.4, -0.2) is 13.0 Å². The highest BCUT2D eigenvalue weighted by atomic mass is 16.5. The number of carbonyl (C=O) groups excluding carboxylic acids is 1. The molecule has 1 heterocycles. The summed E-state index contributed by atoms with van der Waals surface area (Å²) >= 11 is 0. The highest BCUT2D eigenvalue weighted by Gasteiger charge is 2.34. The standard InChI is InChI=1S/C18H21NO3/c1-11-10-16(12(2)22-11)18(20)19-17(13-4-5-13)14-6-8-15(21-3)9-7-14/h6-10,13,17H,4-5H2,1-3H3,(H,19,20). The van der Waals surface area contributed by atoms with Gasteiger partial charge in [-0.05, 0) is 56.4 Å². The van der Waals surface area contributed by atoms with Crippen LogP contribution in [0.1, 0.15) is 46.3 Å².